The third-order valence-corrected chi connectivity index (χ3v) is 12.9. The summed E-state index contributed by atoms with van der Waals surface area (Å²) >= 11 is 1.89. The average molecular weight is 692 g/mol. The van der Waals surface area contributed by atoms with Gasteiger partial charge in [0.2, 0.25) is 6.71 Å². The second-order valence-corrected chi connectivity index (χ2v) is 15.4. The molecule has 0 saturated carbocycles. The third-order valence-electron chi connectivity index (χ3n) is 11.7. The van der Waals surface area contributed by atoms with E-state index in [-0.39, 0.29) is 6.71 Å². The van der Waals surface area contributed by atoms with Gasteiger partial charge in [0.05, 0.1) is 0 Å². The minimum absolute atomic E-state index is 0.0766. The fourth-order valence-electron chi connectivity index (χ4n) is 9.41. The van der Waals surface area contributed by atoms with Gasteiger partial charge >= 0.3 is 0 Å². The summed E-state index contributed by atoms with van der Waals surface area (Å²) in [4.78, 5) is 2.51. The van der Waals surface area contributed by atoms with E-state index in [9.17, 15) is 0 Å². The summed E-state index contributed by atoms with van der Waals surface area (Å²) in [6, 6.07) is 57.6. The van der Waals surface area contributed by atoms with Crippen LogP contribution >= 0.6 is 11.3 Å². The Morgan fingerprint density at radius 3 is 1.98 bits per heavy atom. The van der Waals surface area contributed by atoms with Gasteiger partial charge in [-0.3, -0.25) is 0 Å². The molecule has 0 aliphatic carbocycles. The molecule has 53 heavy (non-hydrogen) atoms. The zero-order chi connectivity index (χ0) is 34.4. The second kappa shape index (κ2) is 10.1. The Morgan fingerprint density at radius 1 is 0.434 bits per heavy atom. The second-order valence-electron chi connectivity index (χ2n) is 14.4. The van der Waals surface area contributed by atoms with Crippen molar-refractivity contribution < 1.29 is 8.83 Å². The summed E-state index contributed by atoms with van der Waals surface area (Å²) in [5, 5.41) is 7.12. The fourth-order valence-corrected chi connectivity index (χ4v) is 10.7. The standard InChI is InChI=1S/C48H26BNO2S/c1-5-16-38-30(10-1)37-22-27(29-14-9-15-34-33-13-4-8-19-46(33)53-48(29)34)23-41-47(37)49(38)39-26-45-36(32-12-3-7-18-43(32)52-45)25-40(39)50(41)28-20-21-44-35(24-28)31-11-2-6-17-42(31)51-44/h1-26H. The van der Waals surface area contributed by atoms with Gasteiger partial charge in [-0.25, -0.2) is 0 Å². The molecule has 2 aliphatic rings. The number of hydrogen-bond donors (Lipinski definition) is 0. The molecule has 0 saturated heterocycles. The zero-order valence-corrected chi connectivity index (χ0v) is 29.1. The Labute approximate surface area is 308 Å². The van der Waals surface area contributed by atoms with E-state index >= 15 is 0 Å². The molecule has 0 fully saturated rings. The molecule has 0 N–H and O–H groups in total. The van der Waals surface area contributed by atoms with Gasteiger partial charge in [0.15, 0.2) is 0 Å². The Kier molecular flexibility index (Phi) is 5.33. The molecule has 0 unspecified atom stereocenters. The number of rotatable bonds is 2. The van der Waals surface area contributed by atoms with Crippen LogP contribution in [0.15, 0.2) is 167 Å². The van der Waals surface area contributed by atoms with Crippen LogP contribution in [0, 0.1) is 0 Å². The molecular formula is C48H26BNO2S. The lowest BCUT2D eigenvalue weighted by Gasteiger charge is -2.36. The highest BCUT2D eigenvalue weighted by Gasteiger charge is 2.43. The summed E-state index contributed by atoms with van der Waals surface area (Å²) in [5.41, 5.74) is 16.1. The highest BCUT2D eigenvalue weighted by molar-refractivity contribution is 7.26. The lowest BCUT2D eigenvalue weighted by molar-refractivity contribution is 0.669. The number of anilines is 3. The lowest BCUT2D eigenvalue weighted by Crippen LogP contribution is -2.54. The van der Waals surface area contributed by atoms with Crippen molar-refractivity contribution in [3.05, 3.63) is 158 Å². The number of nitrogens with zero attached hydrogens (tertiary/aromatic N) is 1. The first-order chi connectivity index (χ1) is 26.3. The van der Waals surface area contributed by atoms with E-state index in [0.29, 0.717) is 0 Å². The quantitative estimate of drug-likeness (QED) is 0.169. The van der Waals surface area contributed by atoms with Gasteiger partial charge in [-0.2, -0.15) is 0 Å². The first-order valence-corrected chi connectivity index (χ1v) is 18.9. The van der Waals surface area contributed by atoms with Gasteiger partial charge in [-0.15, -0.1) is 11.3 Å². The highest BCUT2D eigenvalue weighted by atomic mass is 32.1. The molecule has 0 atom stereocenters. The Bertz CT molecular complexity index is 3390. The number of hydrogen-bond acceptors (Lipinski definition) is 4. The highest BCUT2D eigenvalue weighted by Crippen LogP contribution is 2.47. The Hall–Kier alpha value is -6.56. The molecule has 11 aromatic rings. The normalized spacial score (nSPS) is 13.2. The van der Waals surface area contributed by atoms with E-state index in [1.165, 1.54) is 70.2 Å². The largest absolute Gasteiger partial charge is 0.456 e. The SMILES string of the molecule is c1ccc2c(c1)B1c3cc4oc5ccccc5c4cc3N(c3ccc4oc5ccccc5c4c3)c3cc(-c4cccc5c4sc4ccccc45)cc-2c31. The summed E-state index contributed by atoms with van der Waals surface area (Å²) in [6.45, 7) is 0.0766. The van der Waals surface area contributed by atoms with Crippen LogP contribution in [0.1, 0.15) is 0 Å². The van der Waals surface area contributed by atoms with Gasteiger partial charge in [0, 0.05) is 58.8 Å². The van der Waals surface area contributed by atoms with Crippen molar-refractivity contribution in [1.82, 2.24) is 0 Å². The molecule has 13 rings (SSSR count). The van der Waals surface area contributed by atoms with Crippen molar-refractivity contribution in [1.29, 1.82) is 0 Å². The maximum atomic E-state index is 6.55. The molecule has 0 radical (unpaired) electrons. The number of para-hydroxylation sites is 2. The molecule has 5 heterocycles. The predicted molar refractivity (Wildman–Crippen MR) is 224 cm³/mol. The van der Waals surface area contributed by atoms with Crippen LogP contribution in [-0.2, 0) is 0 Å². The van der Waals surface area contributed by atoms with Gasteiger partial charge in [0.1, 0.15) is 22.3 Å². The first-order valence-electron chi connectivity index (χ1n) is 18.1. The smallest absolute Gasteiger partial charge is 0.248 e. The Morgan fingerprint density at radius 2 is 1.11 bits per heavy atom. The van der Waals surface area contributed by atoms with E-state index < -0.39 is 0 Å². The van der Waals surface area contributed by atoms with Crippen LogP contribution in [0.2, 0.25) is 0 Å². The van der Waals surface area contributed by atoms with Crippen molar-refractivity contribution in [2.75, 3.05) is 4.90 Å². The fraction of sp³-hybridized carbons (Fsp3) is 0. The van der Waals surface area contributed by atoms with Crippen LogP contribution in [0.4, 0.5) is 17.1 Å². The van der Waals surface area contributed by atoms with E-state index in [0.717, 1.165) is 49.6 Å². The van der Waals surface area contributed by atoms with Crippen molar-refractivity contribution in [3.63, 3.8) is 0 Å². The van der Waals surface area contributed by atoms with Crippen LogP contribution in [-0.4, -0.2) is 6.71 Å². The summed E-state index contributed by atoms with van der Waals surface area (Å²) in [5.74, 6) is 0. The molecular weight excluding hydrogens is 665 g/mol. The predicted octanol–water partition coefficient (Wildman–Crippen LogP) is 11.8. The van der Waals surface area contributed by atoms with Crippen LogP contribution in [0.25, 0.3) is 86.3 Å². The molecule has 0 amide bonds. The number of thiophene rings is 1. The maximum Gasteiger partial charge on any atom is 0.248 e. The first kappa shape index (κ1) is 28.1. The third kappa shape index (κ3) is 3.69. The van der Waals surface area contributed by atoms with E-state index in [4.69, 9.17) is 8.83 Å². The average Bonchev–Trinajstić information content (AvgIpc) is 3.96. The van der Waals surface area contributed by atoms with E-state index in [1.807, 2.05) is 17.4 Å². The summed E-state index contributed by atoms with van der Waals surface area (Å²) < 4.78 is 15.5. The minimum Gasteiger partial charge on any atom is -0.456 e. The van der Waals surface area contributed by atoms with Gasteiger partial charge in [-0.05, 0) is 93.8 Å². The van der Waals surface area contributed by atoms with Crippen LogP contribution < -0.4 is 21.3 Å². The maximum absolute atomic E-state index is 6.55. The van der Waals surface area contributed by atoms with Gasteiger partial charge in [0.25, 0.3) is 0 Å². The molecule has 5 heteroatoms. The van der Waals surface area contributed by atoms with Crippen molar-refractivity contribution in [3.8, 4) is 22.3 Å². The summed E-state index contributed by atoms with van der Waals surface area (Å²) in [7, 11) is 0. The molecule has 3 nitrogen and oxygen atoms in total. The monoisotopic (exact) mass is 691 g/mol. The van der Waals surface area contributed by atoms with Crippen molar-refractivity contribution >= 4 is 116 Å². The number of benzene rings is 8. The summed E-state index contributed by atoms with van der Waals surface area (Å²) in [6.07, 6.45) is 0. The zero-order valence-electron chi connectivity index (χ0n) is 28.3. The van der Waals surface area contributed by atoms with Crippen LogP contribution in [0.5, 0.6) is 0 Å². The van der Waals surface area contributed by atoms with E-state index in [2.05, 4.69) is 157 Å². The number of furan rings is 2. The Balaban J connectivity index is 1.16. The van der Waals surface area contributed by atoms with Crippen molar-refractivity contribution in [2.45, 2.75) is 0 Å². The van der Waals surface area contributed by atoms with E-state index in [1.54, 1.807) is 0 Å². The van der Waals surface area contributed by atoms with Crippen molar-refractivity contribution in [2.24, 2.45) is 0 Å². The van der Waals surface area contributed by atoms with Crippen LogP contribution in [0.3, 0.4) is 0 Å². The topological polar surface area (TPSA) is 29.5 Å². The lowest BCUT2D eigenvalue weighted by atomic mass is 9.37. The molecule has 3 aromatic heterocycles. The molecule has 244 valence electrons. The number of fused-ring (bicyclic) bond motifs is 14. The molecule has 2 aliphatic heterocycles. The molecule has 0 spiro atoms. The minimum atomic E-state index is 0.0766. The van der Waals surface area contributed by atoms with Gasteiger partial charge in [-0.1, -0.05) is 103 Å². The molecule has 8 aromatic carbocycles. The van der Waals surface area contributed by atoms with Gasteiger partial charge < -0.3 is 13.7 Å². The molecule has 0 bridgehead atoms.